The van der Waals surface area contributed by atoms with Crippen LogP contribution in [0.5, 0.6) is 0 Å². The number of nitrogens with zero attached hydrogens (tertiary/aromatic N) is 3. The van der Waals surface area contributed by atoms with Crippen molar-refractivity contribution in [3.63, 3.8) is 0 Å². The highest BCUT2D eigenvalue weighted by Gasteiger charge is 2.12. The fourth-order valence-electron chi connectivity index (χ4n) is 2.05. The Morgan fingerprint density at radius 2 is 1.96 bits per heavy atom. The molecule has 0 spiro atoms. The van der Waals surface area contributed by atoms with E-state index in [0.717, 1.165) is 11.3 Å². The zero-order chi connectivity index (χ0) is 17.6. The number of nitrogens with one attached hydrogen (secondary N) is 1. The number of halogens is 1. The van der Waals surface area contributed by atoms with Crippen LogP contribution in [0.3, 0.4) is 0 Å². The summed E-state index contributed by atoms with van der Waals surface area (Å²) in [4.78, 5) is 12.1. The van der Waals surface area contributed by atoms with Gasteiger partial charge in [-0.3, -0.25) is 10.1 Å². The van der Waals surface area contributed by atoms with Crippen molar-refractivity contribution in [1.82, 2.24) is 10.2 Å². The van der Waals surface area contributed by atoms with Crippen LogP contribution in [0.15, 0.2) is 54.6 Å². The zero-order valence-electron chi connectivity index (χ0n) is 12.8. The van der Waals surface area contributed by atoms with E-state index >= 15 is 0 Å². The topological polar surface area (TPSA) is 78.7 Å². The van der Waals surface area contributed by atoms with Gasteiger partial charge in [0, 0.05) is 5.56 Å². The van der Waals surface area contributed by atoms with Crippen molar-refractivity contribution in [2.45, 2.75) is 0 Å². The summed E-state index contributed by atoms with van der Waals surface area (Å²) in [5.74, 6) is -0.699. The van der Waals surface area contributed by atoms with E-state index in [-0.39, 0.29) is 22.4 Å². The van der Waals surface area contributed by atoms with Gasteiger partial charge in [0.1, 0.15) is 11.9 Å². The Kier molecular flexibility index (Phi) is 4.92. The third-order valence-electron chi connectivity index (χ3n) is 3.19. The van der Waals surface area contributed by atoms with Gasteiger partial charge in [0.15, 0.2) is 5.01 Å². The minimum atomic E-state index is -0.390. The molecule has 0 unspecified atom stereocenters. The fraction of sp³-hybridized carbons (Fsp3) is 0. The van der Waals surface area contributed by atoms with Gasteiger partial charge in [0.25, 0.3) is 5.91 Å². The standard InChI is InChI=1S/C18H11FN4OS/c19-15-8-4-5-12(10-15)9-14(11-20)17-22-23-18(25-17)21-16(24)13-6-2-1-3-7-13/h1-10H,(H,21,23,24)/b14-9+. The molecule has 3 rings (SSSR count). The maximum Gasteiger partial charge on any atom is 0.257 e. The van der Waals surface area contributed by atoms with E-state index in [2.05, 4.69) is 15.5 Å². The van der Waals surface area contributed by atoms with Crippen LogP contribution in [0.4, 0.5) is 9.52 Å². The Bertz CT molecular complexity index is 976. The van der Waals surface area contributed by atoms with Crippen LogP contribution in [0, 0.1) is 17.1 Å². The first-order valence-electron chi connectivity index (χ1n) is 7.23. The molecular weight excluding hydrogens is 339 g/mol. The van der Waals surface area contributed by atoms with Gasteiger partial charge in [-0.1, -0.05) is 41.7 Å². The summed E-state index contributed by atoms with van der Waals surface area (Å²) in [6, 6.07) is 16.6. The highest BCUT2D eigenvalue weighted by molar-refractivity contribution is 7.16. The molecular formula is C18H11FN4OS. The number of nitriles is 1. The van der Waals surface area contributed by atoms with Gasteiger partial charge in [-0.05, 0) is 35.9 Å². The normalized spacial score (nSPS) is 11.0. The van der Waals surface area contributed by atoms with Gasteiger partial charge in [0.05, 0.1) is 5.57 Å². The maximum absolute atomic E-state index is 13.2. The lowest BCUT2D eigenvalue weighted by atomic mass is 10.1. The summed E-state index contributed by atoms with van der Waals surface area (Å²) >= 11 is 1.07. The molecule has 0 atom stereocenters. The Hall–Kier alpha value is -3.37. The lowest BCUT2D eigenvalue weighted by Gasteiger charge is -1.99. The number of benzene rings is 2. The fourth-order valence-corrected chi connectivity index (χ4v) is 2.75. The van der Waals surface area contributed by atoms with E-state index in [1.807, 2.05) is 12.1 Å². The van der Waals surface area contributed by atoms with E-state index < -0.39 is 0 Å². The van der Waals surface area contributed by atoms with Crippen molar-refractivity contribution in [2.75, 3.05) is 5.32 Å². The monoisotopic (exact) mass is 350 g/mol. The average molecular weight is 350 g/mol. The van der Waals surface area contributed by atoms with Crippen molar-refractivity contribution in [3.05, 3.63) is 76.5 Å². The second-order valence-corrected chi connectivity index (χ2v) is 5.93. The predicted molar refractivity (Wildman–Crippen MR) is 94.2 cm³/mol. The Morgan fingerprint density at radius 3 is 2.68 bits per heavy atom. The van der Waals surface area contributed by atoms with Crippen LogP contribution < -0.4 is 5.32 Å². The van der Waals surface area contributed by atoms with Crippen LogP contribution in [-0.2, 0) is 0 Å². The van der Waals surface area contributed by atoms with Crippen LogP contribution in [0.1, 0.15) is 20.9 Å². The summed E-state index contributed by atoms with van der Waals surface area (Å²) in [5, 5.41) is 20.4. The van der Waals surface area contributed by atoms with Gasteiger partial charge < -0.3 is 0 Å². The van der Waals surface area contributed by atoms with Gasteiger partial charge in [-0.2, -0.15) is 5.26 Å². The molecule has 25 heavy (non-hydrogen) atoms. The summed E-state index contributed by atoms with van der Waals surface area (Å²) in [7, 11) is 0. The molecule has 0 saturated carbocycles. The lowest BCUT2D eigenvalue weighted by Crippen LogP contribution is -2.11. The van der Waals surface area contributed by atoms with Gasteiger partial charge in [0.2, 0.25) is 5.13 Å². The van der Waals surface area contributed by atoms with Gasteiger partial charge >= 0.3 is 0 Å². The van der Waals surface area contributed by atoms with E-state index in [1.165, 1.54) is 18.2 Å². The third kappa shape index (κ3) is 4.13. The molecule has 0 bridgehead atoms. The summed E-state index contributed by atoms with van der Waals surface area (Å²) in [5.41, 5.74) is 1.28. The first-order valence-corrected chi connectivity index (χ1v) is 8.05. The largest absolute Gasteiger partial charge is 0.296 e. The second-order valence-electron chi connectivity index (χ2n) is 4.96. The summed E-state index contributed by atoms with van der Waals surface area (Å²) in [6.45, 7) is 0. The number of carbonyl (C=O) groups excluding carboxylic acids is 1. The molecule has 7 heteroatoms. The van der Waals surface area contributed by atoms with Crippen LogP contribution in [0.2, 0.25) is 0 Å². The van der Waals surface area contributed by atoms with Gasteiger partial charge in [-0.15, -0.1) is 10.2 Å². The summed E-state index contributed by atoms with van der Waals surface area (Å²) < 4.78 is 13.2. The van der Waals surface area contributed by atoms with Crippen LogP contribution in [-0.4, -0.2) is 16.1 Å². The molecule has 1 heterocycles. The molecule has 0 aliphatic rings. The Morgan fingerprint density at radius 1 is 1.16 bits per heavy atom. The molecule has 0 fully saturated rings. The number of aromatic nitrogens is 2. The minimum Gasteiger partial charge on any atom is -0.296 e. The molecule has 2 aromatic carbocycles. The predicted octanol–water partition coefficient (Wildman–Crippen LogP) is 3.99. The van der Waals surface area contributed by atoms with E-state index in [9.17, 15) is 14.4 Å². The van der Waals surface area contributed by atoms with E-state index in [4.69, 9.17) is 0 Å². The average Bonchev–Trinajstić information content (AvgIpc) is 3.08. The molecule has 0 aliphatic carbocycles. The van der Waals surface area contributed by atoms with Gasteiger partial charge in [-0.25, -0.2) is 4.39 Å². The van der Waals surface area contributed by atoms with Crippen molar-refractivity contribution >= 4 is 34.0 Å². The molecule has 3 aromatic rings. The number of carbonyl (C=O) groups is 1. The van der Waals surface area contributed by atoms with E-state index in [0.29, 0.717) is 16.1 Å². The quantitative estimate of drug-likeness (QED) is 0.722. The number of hydrogen-bond acceptors (Lipinski definition) is 5. The SMILES string of the molecule is N#C/C(=C\c1cccc(F)c1)c1nnc(NC(=O)c2ccccc2)s1. The van der Waals surface area contributed by atoms with Crippen LogP contribution >= 0.6 is 11.3 Å². The van der Waals surface area contributed by atoms with Crippen molar-refractivity contribution in [2.24, 2.45) is 0 Å². The Labute approximate surface area is 147 Å². The first-order chi connectivity index (χ1) is 12.2. The number of hydrogen-bond donors (Lipinski definition) is 1. The molecule has 1 aromatic heterocycles. The highest BCUT2D eigenvalue weighted by Crippen LogP contribution is 2.24. The number of allylic oxidation sites excluding steroid dienone is 1. The molecule has 0 aliphatic heterocycles. The van der Waals surface area contributed by atoms with Crippen molar-refractivity contribution < 1.29 is 9.18 Å². The summed E-state index contributed by atoms with van der Waals surface area (Å²) in [6.07, 6.45) is 1.52. The minimum absolute atomic E-state index is 0.239. The molecule has 5 nitrogen and oxygen atoms in total. The number of amides is 1. The van der Waals surface area contributed by atoms with Crippen molar-refractivity contribution in [1.29, 1.82) is 5.26 Å². The highest BCUT2D eigenvalue weighted by atomic mass is 32.1. The number of anilines is 1. The van der Waals surface area contributed by atoms with E-state index in [1.54, 1.807) is 36.4 Å². The molecule has 0 radical (unpaired) electrons. The molecule has 0 saturated heterocycles. The first kappa shape index (κ1) is 16.5. The second kappa shape index (κ2) is 7.47. The molecule has 122 valence electrons. The third-order valence-corrected chi connectivity index (χ3v) is 4.06. The lowest BCUT2D eigenvalue weighted by molar-refractivity contribution is 0.102. The van der Waals surface area contributed by atoms with Crippen LogP contribution in [0.25, 0.3) is 11.6 Å². The van der Waals surface area contributed by atoms with Crippen molar-refractivity contribution in [3.8, 4) is 6.07 Å². The molecule has 1 amide bonds. The zero-order valence-corrected chi connectivity index (χ0v) is 13.6. The molecule has 1 N–H and O–H groups in total. The maximum atomic E-state index is 13.2. The number of rotatable bonds is 4. The smallest absolute Gasteiger partial charge is 0.257 e. The Balaban J connectivity index is 1.80.